The van der Waals surface area contributed by atoms with Gasteiger partial charge in [0.15, 0.2) is 6.61 Å². The highest BCUT2D eigenvalue weighted by molar-refractivity contribution is 5.97. The normalized spacial score (nSPS) is 10.1. The summed E-state index contributed by atoms with van der Waals surface area (Å²) in [5.41, 5.74) is 0.485. The van der Waals surface area contributed by atoms with Crippen LogP contribution in [0.1, 0.15) is 21.5 Å². The maximum absolute atomic E-state index is 12.1. The molecule has 1 N–H and O–H groups in total. The number of nitrogens with one attached hydrogen (secondary N) is 1. The van der Waals surface area contributed by atoms with Crippen molar-refractivity contribution < 1.29 is 24.2 Å². The highest BCUT2D eigenvalue weighted by Crippen LogP contribution is 2.23. The van der Waals surface area contributed by atoms with Crippen LogP contribution >= 0.6 is 0 Å². The first kappa shape index (κ1) is 19.5. The number of amides is 1. The van der Waals surface area contributed by atoms with Crippen LogP contribution in [0.5, 0.6) is 0 Å². The molecule has 0 unspecified atom stereocenters. The lowest BCUT2D eigenvalue weighted by molar-refractivity contribution is -0.385. The van der Waals surface area contributed by atoms with E-state index in [1.807, 2.05) is 0 Å². The van der Waals surface area contributed by atoms with E-state index in [0.717, 1.165) is 0 Å². The first-order valence-electron chi connectivity index (χ1n) is 7.66. The molecule has 0 aliphatic heterocycles. The zero-order chi connectivity index (χ0) is 20.1. The van der Waals surface area contributed by atoms with E-state index in [9.17, 15) is 29.8 Å². The quantitative estimate of drug-likeness (QED) is 0.466. The molecule has 10 heteroatoms. The molecule has 0 fully saturated rings. The average Bonchev–Trinajstić information content (AvgIpc) is 2.61. The van der Waals surface area contributed by atoms with Crippen molar-refractivity contribution in [3.8, 4) is 0 Å². The molecule has 0 saturated heterocycles. The molecule has 0 bridgehead atoms. The smallest absolute Gasteiger partial charge is 0.339 e. The summed E-state index contributed by atoms with van der Waals surface area (Å²) in [7, 11) is 0. The number of hydrogen-bond acceptors (Lipinski definition) is 7. The van der Waals surface area contributed by atoms with Gasteiger partial charge in [-0.3, -0.25) is 25.0 Å². The predicted octanol–water partition coefficient (Wildman–Crippen LogP) is 2.92. The van der Waals surface area contributed by atoms with E-state index in [2.05, 4.69) is 5.32 Å². The largest absolute Gasteiger partial charge is 0.452 e. The van der Waals surface area contributed by atoms with Crippen molar-refractivity contribution in [3.05, 3.63) is 73.3 Å². The molecule has 0 heterocycles. The molecular weight excluding hydrogens is 358 g/mol. The number of hydrogen-bond donors (Lipinski definition) is 1. The van der Waals surface area contributed by atoms with Crippen LogP contribution in [0.3, 0.4) is 0 Å². The molecule has 140 valence electrons. The second-order valence-corrected chi connectivity index (χ2v) is 5.59. The summed E-state index contributed by atoms with van der Waals surface area (Å²) < 4.78 is 4.89. The predicted molar refractivity (Wildman–Crippen MR) is 94.6 cm³/mol. The number of rotatable bonds is 6. The molecular formula is C17H15N3O7. The number of carbonyl (C=O) groups is 2. The molecule has 0 radical (unpaired) electrons. The molecule has 2 aromatic rings. The number of carbonyl (C=O) groups excluding carboxylic acids is 2. The molecule has 0 aliphatic rings. The third kappa shape index (κ3) is 4.63. The topological polar surface area (TPSA) is 142 Å². The van der Waals surface area contributed by atoms with Crippen molar-refractivity contribution in [1.82, 2.24) is 0 Å². The van der Waals surface area contributed by atoms with Crippen molar-refractivity contribution in [1.29, 1.82) is 0 Å². The monoisotopic (exact) mass is 373 g/mol. The number of nitro groups is 2. The summed E-state index contributed by atoms with van der Waals surface area (Å²) in [5.74, 6) is -1.59. The van der Waals surface area contributed by atoms with Crippen LogP contribution in [0.25, 0.3) is 0 Å². The van der Waals surface area contributed by atoms with Gasteiger partial charge >= 0.3 is 5.97 Å². The van der Waals surface area contributed by atoms with Crippen molar-refractivity contribution in [2.75, 3.05) is 11.9 Å². The fraction of sp³-hybridized carbons (Fsp3) is 0.176. The van der Waals surface area contributed by atoms with Gasteiger partial charge < -0.3 is 10.1 Å². The lowest BCUT2D eigenvalue weighted by Gasteiger charge is -2.10. The van der Waals surface area contributed by atoms with Crippen molar-refractivity contribution in [2.45, 2.75) is 13.8 Å². The fourth-order valence-electron chi connectivity index (χ4n) is 2.30. The minimum absolute atomic E-state index is 0.0245. The highest BCUT2D eigenvalue weighted by atomic mass is 16.6. The first-order chi connectivity index (χ1) is 12.7. The van der Waals surface area contributed by atoms with Gasteiger partial charge in [0.1, 0.15) is 0 Å². The SMILES string of the molecule is Cc1ccc([N+](=O)[O-])cc1NC(=O)COC(=O)c1cccc([N+](=O)[O-])c1C. The Morgan fingerprint density at radius 3 is 2.41 bits per heavy atom. The minimum atomic E-state index is -0.887. The average molecular weight is 373 g/mol. The van der Waals surface area contributed by atoms with Crippen LogP contribution in [0.2, 0.25) is 0 Å². The van der Waals surface area contributed by atoms with Gasteiger partial charge in [-0.25, -0.2) is 4.79 Å². The summed E-state index contributed by atoms with van der Waals surface area (Å²) in [6.07, 6.45) is 0. The number of anilines is 1. The van der Waals surface area contributed by atoms with Crippen LogP contribution in [-0.2, 0) is 9.53 Å². The van der Waals surface area contributed by atoms with E-state index in [1.54, 1.807) is 6.92 Å². The maximum atomic E-state index is 12.1. The molecule has 0 atom stereocenters. The van der Waals surface area contributed by atoms with E-state index >= 15 is 0 Å². The first-order valence-corrected chi connectivity index (χ1v) is 7.66. The third-order valence-electron chi connectivity index (χ3n) is 3.76. The molecule has 10 nitrogen and oxygen atoms in total. The Morgan fingerprint density at radius 2 is 1.78 bits per heavy atom. The molecule has 0 spiro atoms. The van der Waals surface area contributed by atoms with Gasteiger partial charge in [-0.15, -0.1) is 0 Å². The van der Waals surface area contributed by atoms with Crippen molar-refractivity contribution >= 4 is 28.9 Å². The lowest BCUT2D eigenvalue weighted by Crippen LogP contribution is -2.21. The van der Waals surface area contributed by atoms with Gasteiger partial charge in [0.2, 0.25) is 0 Å². The molecule has 0 saturated carbocycles. The second-order valence-electron chi connectivity index (χ2n) is 5.59. The van der Waals surface area contributed by atoms with Gasteiger partial charge in [-0.05, 0) is 25.5 Å². The lowest BCUT2D eigenvalue weighted by atomic mass is 10.1. The molecule has 1 amide bonds. The third-order valence-corrected chi connectivity index (χ3v) is 3.76. The van der Waals surface area contributed by atoms with E-state index < -0.39 is 28.3 Å². The number of nitro benzene ring substituents is 2. The Morgan fingerprint density at radius 1 is 1.07 bits per heavy atom. The van der Waals surface area contributed by atoms with Crippen LogP contribution < -0.4 is 5.32 Å². The number of non-ortho nitro benzene ring substituents is 1. The van der Waals surface area contributed by atoms with Crippen molar-refractivity contribution in [3.63, 3.8) is 0 Å². The van der Waals surface area contributed by atoms with Gasteiger partial charge in [0, 0.05) is 23.8 Å². The number of ether oxygens (including phenoxy) is 1. The molecule has 0 aromatic heterocycles. The fourth-order valence-corrected chi connectivity index (χ4v) is 2.30. The summed E-state index contributed by atoms with van der Waals surface area (Å²) in [5, 5.41) is 24.1. The van der Waals surface area contributed by atoms with Crippen LogP contribution in [0.15, 0.2) is 36.4 Å². The van der Waals surface area contributed by atoms with Gasteiger partial charge in [-0.1, -0.05) is 12.1 Å². The van der Waals surface area contributed by atoms with E-state index in [-0.39, 0.29) is 28.2 Å². The Hall–Kier alpha value is -3.82. The van der Waals surface area contributed by atoms with E-state index in [4.69, 9.17) is 4.74 Å². The minimum Gasteiger partial charge on any atom is -0.452 e. The standard InChI is InChI=1S/C17H15N3O7/c1-10-6-7-12(19(23)24)8-14(10)18-16(21)9-27-17(22)13-4-3-5-15(11(13)2)20(25)26/h3-8H,9H2,1-2H3,(H,18,21). The van der Waals surface area contributed by atoms with E-state index in [0.29, 0.717) is 5.56 Å². The van der Waals surface area contributed by atoms with Crippen molar-refractivity contribution in [2.24, 2.45) is 0 Å². The van der Waals surface area contributed by atoms with Gasteiger partial charge in [0.05, 0.1) is 21.1 Å². The molecule has 2 aromatic carbocycles. The Kier molecular flexibility index (Phi) is 5.81. The van der Waals surface area contributed by atoms with Crippen LogP contribution in [-0.4, -0.2) is 28.3 Å². The molecule has 2 rings (SSSR count). The zero-order valence-corrected chi connectivity index (χ0v) is 14.4. The molecule has 27 heavy (non-hydrogen) atoms. The van der Waals surface area contributed by atoms with E-state index in [1.165, 1.54) is 43.3 Å². The van der Waals surface area contributed by atoms with Crippen LogP contribution in [0.4, 0.5) is 17.1 Å². The Bertz CT molecular complexity index is 940. The Balaban J connectivity index is 2.05. The summed E-state index contributed by atoms with van der Waals surface area (Å²) >= 11 is 0. The maximum Gasteiger partial charge on any atom is 0.339 e. The Labute approximate surface area is 153 Å². The summed E-state index contributed by atoms with van der Waals surface area (Å²) in [6, 6.07) is 7.92. The molecule has 0 aliphatic carbocycles. The summed E-state index contributed by atoms with van der Waals surface area (Å²) in [4.78, 5) is 44.6. The highest BCUT2D eigenvalue weighted by Gasteiger charge is 2.20. The summed E-state index contributed by atoms with van der Waals surface area (Å²) in [6.45, 7) is 2.40. The number of aryl methyl sites for hydroxylation is 1. The van der Waals surface area contributed by atoms with Crippen LogP contribution in [0, 0.1) is 34.1 Å². The number of nitrogens with zero attached hydrogens (tertiary/aromatic N) is 2. The zero-order valence-electron chi connectivity index (χ0n) is 14.4. The number of benzene rings is 2. The van der Waals surface area contributed by atoms with Gasteiger partial charge in [-0.2, -0.15) is 0 Å². The second kappa shape index (κ2) is 8.04. The van der Waals surface area contributed by atoms with Gasteiger partial charge in [0.25, 0.3) is 17.3 Å². The number of esters is 1.